The Morgan fingerprint density at radius 3 is 2.04 bits per heavy atom. The molecule has 1 aliphatic heterocycles. The zero-order chi connectivity index (χ0) is 38.6. The van der Waals surface area contributed by atoms with E-state index in [1.807, 2.05) is 13.8 Å². The van der Waals surface area contributed by atoms with Gasteiger partial charge in [-0.1, -0.05) is 78.3 Å². The van der Waals surface area contributed by atoms with Crippen LogP contribution in [0.2, 0.25) is 0 Å². The van der Waals surface area contributed by atoms with Crippen LogP contribution in [-0.4, -0.2) is 89.7 Å². The van der Waals surface area contributed by atoms with Crippen LogP contribution in [0.15, 0.2) is 30.3 Å². The third-order valence-corrected chi connectivity index (χ3v) is 9.64. The Morgan fingerprint density at radius 2 is 1.51 bits per heavy atom. The average Bonchev–Trinajstić information content (AvgIpc) is 3.34. The molecule has 1 aliphatic carbocycles. The van der Waals surface area contributed by atoms with Gasteiger partial charge in [0.2, 0.25) is 29.4 Å². The molecule has 5 N–H and O–H groups in total. The number of nitrogens with zero attached hydrogens (tertiary/aromatic N) is 1. The van der Waals surface area contributed by atoms with Crippen molar-refractivity contribution in [2.24, 2.45) is 22.7 Å². The van der Waals surface area contributed by atoms with E-state index in [-0.39, 0.29) is 30.2 Å². The molecule has 2 aliphatic rings. The number of hydrogen-bond acceptors (Lipinski definition) is 8. The molecule has 0 aromatic heterocycles. The van der Waals surface area contributed by atoms with Crippen LogP contribution >= 0.6 is 0 Å². The van der Waals surface area contributed by atoms with Gasteiger partial charge in [-0.25, -0.2) is 4.79 Å². The summed E-state index contributed by atoms with van der Waals surface area (Å²) >= 11 is 0. The van der Waals surface area contributed by atoms with Crippen molar-refractivity contribution in [1.82, 2.24) is 31.5 Å². The standard InChI is InChI=1S/C37H56N6O8/c1-12-16-23(27(44)32(48)39-20(2)29(45)41-25(30(46)38-11)21-17-14-13-15-18-21)40-31(47)26-24-22(37(24,9)10)19-43(26)33(49)28(35(3,4)5)42-34(50)51-36(6,7)8/h13-15,17-18,20,22-26,28H,12,16,19H2,1-11H3,(H,38,46)(H,39,48)(H,40,47)(H,41,45)(H,42,50)/t20-,22-,23?,24-,25?,26-,28+/m0/s1. The summed E-state index contributed by atoms with van der Waals surface area (Å²) in [6.07, 6.45) is -0.177. The lowest BCUT2D eigenvalue weighted by molar-refractivity contribution is -0.145. The highest BCUT2D eigenvalue weighted by atomic mass is 16.6. The number of ether oxygens (including phenoxy) is 1. The van der Waals surface area contributed by atoms with Gasteiger partial charge in [-0.3, -0.25) is 28.8 Å². The van der Waals surface area contributed by atoms with Crippen LogP contribution in [0.25, 0.3) is 0 Å². The minimum atomic E-state index is -1.23. The molecule has 0 spiro atoms. The predicted molar refractivity (Wildman–Crippen MR) is 190 cm³/mol. The number of likely N-dealkylation sites (N-methyl/N-ethyl adjacent to an activating group) is 1. The first-order valence-electron chi connectivity index (χ1n) is 17.6. The van der Waals surface area contributed by atoms with E-state index in [9.17, 15) is 33.6 Å². The van der Waals surface area contributed by atoms with E-state index >= 15 is 0 Å². The summed E-state index contributed by atoms with van der Waals surface area (Å²) in [6, 6.07) is 3.15. The summed E-state index contributed by atoms with van der Waals surface area (Å²) in [6.45, 7) is 18.1. The van der Waals surface area contributed by atoms with Crippen LogP contribution in [0, 0.1) is 22.7 Å². The zero-order valence-corrected chi connectivity index (χ0v) is 31.8. The van der Waals surface area contributed by atoms with Crippen molar-refractivity contribution < 1.29 is 38.3 Å². The topological polar surface area (TPSA) is 192 Å². The number of benzene rings is 1. The Balaban J connectivity index is 1.76. The number of Topliss-reactive ketones (excluding diaryl/α,β-unsaturated/α-hetero) is 1. The monoisotopic (exact) mass is 712 g/mol. The molecule has 282 valence electrons. The highest BCUT2D eigenvalue weighted by Gasteiger charge is 2.70. The number of ketones is 1. The van der Waals surface area contributed by atoms with E-state index in [0.717, 1.165) is 0 Å². The lowest BCUT2D eigenvalue weighted by Crippen LogP contribution is -2.61. The van der Waals surface area contributed by atoms with Crippen molar-refractivity contribution in [3.63, 3.8) is 0 Å². The minimum absolute atomic E-state index is 0.0248. The van der Waals surface area contributed by atoms with Crippen molar-refractivity contribution in [2.45, 2.75) is 118 Å². The van der Waals surface area contributed by atoms with Gasteiger partial charge in [-0.15, -0.1) is 0 Å². The quantitative estimate of drug-likeness (QED) is 0.193. The molecular weight excluding hydrogens is 656 g/mol. The van der Waals surface area contributed by atoms with Crippen LogP contribution in [0.3, 0.4) is 0 Å². The number of alkyl carbamates (subject to hydrolysis) is 1. The highest BCUT2D eigenvalue weighted by molar-refractivity contribution is 6.38. The second-order valence-electron chi connectivity index (χ2n) is 16.2. The first-order chi connectivity index (χ1) is 23.5. The normalized spacial score (nSPS) is 21.5. The molecule has 7 atom stereocenters. The SMILES string of the molecule is CCCC(NC(=O)[C@@H]1[C@@H]2[C@H](CN1C(=O)[C@@H](NC(=O)OC(C)(C)C)C(C)(C)C)C2(C)C)C(=O)C(=O)N[C@@H](C)C(=O)NC(C(=O)NC)c1ccccc1. The fraction of sp³-hybridized carbons (Fsp3) is 0.649. The van der Waals surface area contributed by atoms with E-state index in [4.69, 9.17) is 4.74 Å². The maximum Gasteiger partial charge on any atom is 0.408 e. The number of nitrogens with one attached hydrogen (secondary N) is 5. The molecule has 0 bridgehead atoms. The fourth-order valence-corrected chi connectivity index (χ4v) is 6.72. The summed E-state index contributed by atoms with van der Waals surface area (Å²) < 4.78 is 5.42. The first-order valence-corrected chi connectivity index (χ1v) is 17.6. The number of rotatable bonds is 13. The lowest BCUT2D eigenvalue weighted by atomic mass is 9.85. The van der Waals surface area contributed by atoms with Crippen molar-refractivity contribution in [3.8, 4) is 0 Å². The van der Waals surface area contributed by atoms with Gasteiger partial charge in [0, 0.05) is 13.6 Å². The lowest BCUT2D eigenvalue weighted by Gasteiger charge is -2.38. The molecule has 6 amide bonds. The molecule has 1 saturated carbocycles. The van der Waals surface area contributed by atoms with Crippen molar-refractivity contribution in [1.29, 1.82) is 0 Å². The Hall–Kier alpha value is -4.49. The van der Waals surface area contributed by atoms with Gasteiger partial charge < -0.3 is 36.2 Å². The number of amides is 6. The van der Waals surface area contributed by atoms with E-state index in [1.165, 1.54) is 18.9 Å². The summed E-state index contributed by atoms with van der Waals surface area (Å²) in [7, 11) is 1.44. The van der Waals surface area contributed by atoms with E-state index in [1.54, 1.807) is 78.8 Å². The van der Waals surface area contributed by atoms with Crippen LogP contribution in [0.4, 0.5) is 4.79 Å². The van der Waals surface area contributed by atoms with E-state index < -0.39 is 82.6 Å². The molecule has 1 aromatic carbocycles. The molecule has 14 nitrogen and oxygen atoms in total. The molecule has 2 fully saturated rings. The van der Waals surface area contributed by atoms with Crippen molar-refractivity contribution >= 4 is 41.4 Å². The Kier molecular flexibility index (Phi) is 12.7. The predicted octanol–water partition coefficient (Wildman–Crippen LogP) is 2.37. The van der Waals surface area contributed by atoms with Gasteiger partial charge in [-0.05, 0) is 62.3 Å². The van der Waals surface area contributed by atoms with Gasteiger partial charge in [0.05, 0.1) is 6.04 Å². The van der Waals surface area contributed by atoms with Gasteiger partial charge in [0.1, 0.15) is 29.8 Å². The molecule has 2 unspecified atom stereocenters. The largest absolute Gasteiger partial charge is 0.444 e. The Bertz CT molecular complexity index is 1500. The maximum absolute atomic E-state index is 14.1. The molecule has 1 saturated heterocycles. The molecule has 1 aromatic rings. The number of likely N-dealkylation sites (tertiary alicyclic amines) is 1. The smallest absolute Gasteiger partial charge is 0.408 e. The number of piperidine rings is 1. The van der Waals surface area contributed by atoms with Crippen LogP contribution < -0.4 is 26.6 Å². The van der Waals surface area contributed by atoms with E-state index in [0.29, 0.717) is 12.0 Å². The first kappa shape index (κ1) is 40.9. The van der Waals surface area contributed by atoms with Gasteiger partial charge in [0.15, 0.2) is 0 Å². The minimum Gasteiger partial charge on any atom is -0.444 e. The number of carbonyl (C=O) groups is 7. The number of carbonyl (C=O) groups excluding carboxylic acids is 7. The molecule has 0 radical (unpaired) electrons. The molecular formula is C37H56N6O8. The fourth-order valence-electron chi connectivity index (χ4n) is 6.72. The summed E-state index contributed by atoms with van der Waals surface area (Å²) in [4.78, 5) is 94.7. The average molecular weight is 713 g/mol. The number of hydrogen-bond donors (Lipinski definition) is 5. The summed E-state index contributed by atoms with van der Waals surface area (Å²) in [5, 5.41) is 13.0. The van der Waals surface area contributed by atoms with Crippen LogP contribution in [-0.2, 0) is 33.5 Å². The Labute approximate surface area is 300 Å². The number of fused-ring (bicyclic) bond motifs is 1. The third kappa shape index (κ3) is 9.85. The summed E-state index contributed by atoms with van der Waals surface area (Å²) in [5.74, 6) is -4.38. The van der Waals surface area contributed by atoms with Crippen molar-refractivity contribution in [3.05, 3.63) is 35.9 Å². The van der Waals surface area contributed by atoms with Crippen molar-refractivity contribution in [2.75, 3.05) is 13.6 Å². The highest BCUT2D eigenvalue weighted by Crippen LogP contribution is 2.65. The second-order valence-corrected chi connectivity index (χ2v) is 16.2. The van der Waals surface area contributed by atoms with Gasteiger partial charge >= 0.3 is 6.09 Å². The maximum atomic E-state index is 14.1. The molecule has 14 heteroatoms. The zero-order valence-electron chi connectivity index (χ0n) is 31.8. The van der Waals surface area contributed by atoms with E-state index in [2.05, 4.69) is 26.6 Å². The molecule has 1 heterocycles. The summed E-state index contributed by atoms with van der Waals surface area (Å²) in [5.41, 5.74) is -1.24. The van der Waals surface area contributed by atoms with Crippen LogP contribution in [0.5, 0.6) is 0 Å². The second kappa shape index (κ2) is 15.8. The van der Waals surface area contributed by atoms with Gasteiger partial charge in [0.25, 0.3) is 5.91 Å². The Morgan fingerprint density at radius 1 is 0.902 bits per heavy atom. The van der Waals surface area contributed by atoms with Gasteiger partial charge in [-0.2, -0.15) is 0 Å². The third-order valence-electron chi connectivity index (χ3n) is 9.64. The van der Waals surface area contributed by atoms with Crippen LogP contribution in [0.1, 0.15) is 93.7 Å². The molecule has 3 rings (SSSR count). The molecule has 51 heavy (non-hydrogen) atoms.